The molecule has 3 aliphatic rings. The highest BCUT2D eigenvalue weighted by Crippen LogP contribution is 2.45. The number of hydrogen-bond acceptors (Lipinski definition) is 4. The van der Waals surface area contributed by atoms with Crippen molar-refractivity contribution in [2.24, 2.45) is 11.8 Å². The zero-order valence-electron chi connectivity index (χ0n) is 19.7. The van der Waals surface area contributed by atoms with E-state index in [0.717, 1.165) is 56.9 Å². The van der Waals surface area contributed by atoms with E-state index in [1.807, 2.05) is 10.3 Å². The van der Waals surface area contributed by atoms with Gasteiger partial charge in [-0.05, 0) is 93.4 Å². The van der Waals surface area contributed by atoms with Crippen LogP contribution in [-0.2, 0) is 9.53 Å². The van der Waals surface area contributed by atoms with Crippen LogP contribution in [-0.4, -0.2) is 36.2 Å². The Hall–Kier alpha value is -1.73. The number of allylic oxidation sites excluding steroid dienone is 2. The van der Waals surface area contributed by atoms with Crippen LogP contribution in [0.1, 0.15) is 98.7 Å². The molecule has 0 radical (unpaired) electrons. The molecular weight excluding hydrogens is 441 g/mol. The zero-order valence-corrected chi connectivity index (χ0v) is 20.5. The molecule has 1 aromatic rings. The van der Waals surface area contributed by atoms with Gasteiger partial charge >= 0.3 is 5.97 Å². The van der Waals surface area contributed by atoms with E-state index in [-0.39, 0.29) is 40.6 Å². The number of methoxy groups -OCH3 is 1. The molecule has 1 unspecified atom stereocenters. The summed E-state index contributed by atoms with van der Waals surface area (Å²) in [4.78, 5) is 28.5. The van der Waals surface area contributed by atoms with Gasteiger partial charge in [-0.1, -0.05) is 13.0 Å². The summed E-state index contributed by atoms with van der Waals surface area (Å²) in [6.45, 7) is 2.24. The molecule has 0 aliphatic heterocycles. The molecule has 1 atom stereocenters. The zero-order chi connectivity index (χ0) is 23.5. The van der Waals surface area contributed by atoms with E-state index < -0.39 is 5.97 Å². The van der Waals surface area contributed by atoms with Gasteiger partial charge in [-0.25, -0.2) is 9.18 Å². The first kappa shape index (κ1) is 24.4. The second kappa shape index (κ2) is 10.7. The standard InChI is InChI=1S/C26H36FNO4S/c1-16-3-5-18(6-4-16)25(29)28(20-11-13-21(32-2)14-12-20)23-22(15-33-24(23)26(30)31)17-7-9-19(27)10-8-17/h9,15-18,20-21H,3-8,10-14H2,1-2H3,(H,30,31). The molecular formula is C26H36FNO4S. The quantitative estimate of drug-likeness (QED) is 0.496. The third kappa shape index (κ3) is 5.35. The molecule has 1 heterocycles. The average Bonchev–Trinajstić information content (AvgIpc) is 3.25. The second-order valence-corrected chi connectivity index (χ2v) is 11.0. The average molecular weight is 478 g/mol. The summed E-state index contributed by atoms with van der Waals surface area (Å²) in [5.74, 6) is -0.374. The fourth-order valence-electron chi connectivity index (χ4n) is 5.86. The Bertz CT molecular complexity index is 881. The number of thiophene rings is 1. The maximum absolute atomic E-state index is 14.1. The Morgan fingerprint density at radius 1 is 1.09 bits per heavy atom. The number of aromatic carboxylic acids is 1. The monoisotopic (exact) mass is 477 g/mol. The topological polar surface area (TPSA) is 66.8 Å². The number of carbonyl (C=O) groups excluding carboxylic acids is 1. The minimum atomic E-state index is -0.987. The normalized spacial score (nSPS) is 30.5. The molecule has 182 valence electrons. The molecule has 2 saturated carbocycles. The number of rotatable bonds is 6. The lowest BCUT2D eigenvalue weighted by Gasteiger charge is -2.40. The summed E-state index contributed by atoms with van der Waals surface area (Å²) < 4.78 is 19.3. The van der Waals surface area contributed by atoms with Crippen LogP contribution in [0.4, 0.5) is 10.1 Å². The van der Waals surface area contributed by atoms with E-state index in [1.165, 1.54) is 11.3 Å². The largest absolute Gasteiger partial charge is 0.477 e. The van der Waals surface area contributed by atoms with Crippen LogP contribution in [0.5, 0.6) is 0 Å². The van der Waals surface area contributed by atoms with Gasteiger partial charge in [0.25, 0.3) is 0 Å². The number of nitrogens with zero attached hydrogens (tertiary/aromatic N) is 1. The third-order valence-corrected chi connectivity index (χ3v) is 8.94. The SMILES string of the molecule is COC1CCC(N(C(=O)C2CCC(C)CC2)c2c(C3CC=C(F)CC3)csc2C(=O)O)CC1. The predicted molar refractivity (Wildman–Crippen MR) is 129 cm³/mol. The maximum atomic E-state index is 14.1. The highest BCUT2D eigenvalue weighted by molar-refractivity contribution is 7.12. The third-order valence-electron chi connectivity index (χ3n) is 7.97. The Labute approximate surface area is 200 Å². The minimum Gasteiger partial charge on any atom is -0.477 e. The van der Waals surface area contributed by atoms with Crippen LogP contribution in [0.3, 0.4) is 0 Å². The predicted octanol–water partition coefficient (Wildman–Crippen LogP) is 6.68. The Morgan fingerprint density at radius 3 is 2.36 bits per heavy atom. The summed E-state index contributed by atoms with van der Waals surface area (Å²) in [6, 6.07) is -0.0226. The van der Waals surface area contributed by atoms with Crippen molar-refractivity contribution >= 4 is 28.9 Å². The van der Waals surface area contributed by atoms with Crippen LogP contribution >= 0.6 is 11.3 Å². The van der Waals surface area contributed by atoms with Crippen molar-refractivity contribution in [3.05, 3.63) is 27.7 Å². The molecule has 2 fully saturated rings. The van der Waals surface area contributed by atoms with E-state index in [1.54, 1.807) is 13.2 Å². The van der Waals surface area contributed by atoms with Gasteiger partial charge in [0.2, 0.25) is 5.91 Å². The molecule has 5 nitrogen and oxygen atoms in total. The first-order chi connectivity index (χ1) is 15.9. The second-order valence-electron chi connectivity index (χ2n) is 10.1. The number of halogens is 1. The van der Waals surface area contributed by atoms with Gasteiger partial charge in [-0.2, -0.15) is 0 Å². The van der Waals surface area contributed by atoms with Crippen molar-refractivity contribution in [1.29, 1.82) is 0 Å². The Balaban J connectivity index is 1.72. The summed E-state index contributed by atoms with van der Waals surface area (Å²) in [6.07, 6.45) is 10.5. The molecule has 0 bridgehead atoms. The Kier molecular flexibility index (Phi) is 7.90. The van der Waals surface area contributed by atoms with Crippen molar-refractivity contribution in [1.82, 2.24) is 0 Å². The molecule has 0 spiro atoms. The van der Waals surface area contributed by atoms with Gasteiger partial charge in [-0.3, -0.25) is 4.79 Å². The van der Waals surface area contributed by atoms with Crippen LogP contribution in [0.2, 0.25) is 0 Å². The molecule has 1 N–H and O–H groups in total. The Morgan fingerprint density at radius 2 is 1.79 bits per heavy atom. The number of carboxylic acids is 1. The molecule has 1 amide bonds. The van der Waals surface area contributed by atoms with Gasteiger partial charge in [0.15, 0.2) is 0 Å². The highest BCUT2D eigenvalue weighted by atomic mass is 32.1. The van der Waals surface area contributed by atoms with Crippen molar-refractivity contribution in [3.63, 3.8) is 0 Å². The molecule has 7 heteroatoms. The van der Waals surface area contributed by atoms with Gasteiger partial charge in [-0.15, -0.1) is 11.3 Å². The van der Waals surface area contributed by atoms with E-state index in [2.05, 4.69) is 6.92 Å². The van der Waals surface area contributed by atoms with Crippen LogP contribution < -0.4 is 4.90 Å². The number of hydrogen-bond donors (Lipinski definition) is 1. The highest BCUT2D eigenvalue weighted by Gasteiger charge is 2.39. The number of carbonyl (C=O) groups is 2. The minimum absolute atomic E-state index is 0.0226. The molecule has 4 rings (SSSR count). The van der Waals surface area contributed by atoms with Crippen LogP contribution in [0, 0.1) is 11.8 Å². The number of carboxylic acid groups (broad SMARTS) is 1. The van der Waals surface area contributed by atoms with Crippen LogP contribution in [0.15, 0.2) is 17.3 Å². The molecule has 3 aliphatic carbocycles. The van der Waals surface area contributed by atoms with Crippen LogP contribution in [0.25, 0.3) is 0 Å². The van der Waals surface area contributed by atoms with Gasteiger partial charge in [0.1, 0.15) is 4.88 Å². The lowest BCUT2D eigenvalue weighted by Crippen LogP contribution is -2.47. The fraction of sp³-hybridized carbons (Fsp3) is 0.692. The summed E-state index contributed by atoms with van der Waals surface area (Å²) in [5.41, 5.74) is 1.50. The van der Waals surface area contributed by atoms with E-state index in [9.17, 15) is 19.1 Å². The van der Waals surface area contributed by atoms with Gasteiger partial charge in [0, 0.05) is 19.1 Å². The lowest BCUT2D eigenvalue weighted by molar-refractivity contribution is -0.124. The molecule has 33 heavy (non-hydrogen) atoms. The first-order valence-electron chi connectivity index (χ1n) is 12.4. The molecule has 1 aromatic heterocycles. The van der Waals surface area contributed by atoms with Crippen molar-refractivity contribution in [2.75, 3.05) is 12.0 Å². The fourth-order valence-corrected chi connectivity index (χ4v) is 6.83. The van der Waals surface area contributed by atoms with Gasteiger partial charge < -0.3 is 14.7 Å². The van der Waals surface area contributed by atoms with E-state index >= 15 is 0 Å². The number of amides is 1. The number of anilines is 1. The number of ether oxygens (including phenoxy) is 1. The molecule has 0 aromatic carbocycles. The lowest BCUT2D eigenvalue weighted by atomic mass is 9.81. The summed E-state index contributed by atoms with van der Waals surface area (Å²) in [7, 11) is 1.73. The maximum Gasteiger partial charge on any atom is 0.348 e. The molecule has 0 saturated heterocycles. The summed E-state index contributed by atoms with van der Waals surface area (Å²) >= 11 is 1.21. The first-order valence-corrected chi connectivity index (χ1v) is 13.3. The smallest absolute Gasteiger partial charge is 0.348 e. The van der Waals surface area contributed by atoms with Crippen molar-refractivity contribution < 1.29 is 23.8 Å². The van der Waals surface area contributed by atoms with E-state index in [0.29, 0.717) is 30.9 Å². The van der Waals surface area contributed by atoms with E-state index in [4.69, 9.17) is 4.74 Å². The van der Waals surface area contributed by atoms with Gasteiger partial charge in [0.05, 0.1) is 17.6 Å². The van der Waals surface area contributed by atoms with Crippen molar-refractivity contribution in [2.45, 2.75) is 95.6 Å². The van der Waals surface area contributed by atoms with Crippen molar-refractivity contribution in [3.8, 4) is 0 Å². The summed E-state index contributed by atoms with van der Waals surface area (Å²) in [5, 5.41) is 12.0.